The van der Waals surface area contributed by atoms with Crippen molar-refractivity contribution in [1.29, 1.82) is 0 Å². The number of methoxy groups -OCH3 is 1. The average molecular weight is 410 g/mol. The van der Waals surface area contributed by atoms with Crippen LogP contribution in [0.5, 0.6) is 5.75 Å². The van der Waals surface area contributed by atoms with Crippen LogP contribution in [-0.4, -0.2) is 37.2 Å². The molecule has 1 fully saturated rings. The van der Waals surface area contributed by atoms with Crippen molar-refractivity contribution >= 4 is 5.91 Å². The van der Waals surface area contributed by atoms with Gasteiger partial charge in [-0.3, -0.25) is 4.79 Å². The molecule has 0 spiro atoms. The van der Waals surface area contributed by atoms with Crippen molar-refractivity contribution in [2.45, 2.75) is 58.1 Å². The Bertz CT molecular complexity index is 820. The summed E-state index contributed by atoms with van der Waals surface area (Å²) in [4.78, 5) is 14.4. The van der Waals surface area contributed by atoms with E-state index >= 15 is 0 Å². The Morgan fingerprint density at radius 3 is 2.53 bits per heavy atom. The number of rotatable bonds is 8. The summed E-state index contributed by atoms with van der Waals surface area (Å²) in [6, 6.07) is 18.6. The van der Waals surface area contributed by atoms with Gasteiger partial charge >= 0.3 is 0 Å². The molecule has 1 aliphatic heterocycles. The summed E-state index contributed by atoms with van der Waals surface area (Å²) in [7, 11) is 1.74. The van der Waals surface area contributed by atoms with Crippen LogP contribution < -0.4 is 4.74 Å². The van der Waals surface area contributed by atoms with Crippen molar-refractivity contribution in [2.24, 2.45) is 5.92 Å². The second-order valence-corrected chi connectivity index (χ2v) is 8.76. The minimum absolute atomic E-state index is 0.0653. The highest BCUT2D eigenvalue weighted by atomic mass is 16.5. The van der Waals surface area contributed by atoms with Crippen molar-refractivity contribution in [3.8, 4) is 5.75 Å². The van der Waals surface area contributed by atoms with Crippen molar-refractivity contribution in [3.63, 3.8) is 0 Å². The zero-order valence-electron chi connectivity index (χ0n) is 18.8. The summed E-state index contributed by atoms with van der Waals surface area (Å²) in [6.07, 6.45) is 2.99. The molecule has 0 aliphatic carbocycles. The van der Waals surface area contributed by atoms with Crippen LogP contribution >= 0.6 is 0 Å². The third-order valence-electron chi connectivity index (χ3n) is 6.45. The molecule has 30 heavy (non-hydrogen) atoms. The molecule has 1 heterocycles. The summed E-state index contributed by atoms with van der Waals surface area (Å²) in [5.41, 5.74) is 2.33. The molecule has 4 heteroatoms. The highest BCUT2D eigenvalue weighted by molar-refractivity contribution is 5.73. The second kappa shape index (κ2) is 10.1. The van der Waals surface area contributed by atoms with E-state index in [9.17, 15) is 4.79 Å². The number of carbonyl (C=O) groups is 1. The van der Waals surface area contributed by atoms with E-state index < -0.39 is 0 Å². The third kappa shape index (κ3) is 5.23. The topological polar surface area (TPSA) is 38.8 Å². The number of hydrogen-bond donors (Lipinski definition) is 0. The van der Waals surface area contributed by atoms with E-state index in [1.165, 1.54) is 5.56 Å². The molecule has 0 N–H and O–H groups in total. The zero-order chi connectivity index (χ0) is 21.6. The third-order valence-corrected chi connectivity index (χ3v) is 6.45. The van der Waals surface area contributed by atoms with E-state index in [4.69, 9.17) is 9.47 Å². The van der Waals surface area contributed by atoms with Gasteiger partial charge in [0.05, 0.1) is 13.2 Å². The number of para-hydroxylation sites is 1. The maximum absolute atomic E-state index is 12.4. The maximum atomic E-state index is 12.4. The molecular formula is C26H35NO3. The van der Waals surface area contributed by atoms with Gasteiger partial charge in [-0.2, -0.15) is 0 Å². The fraction of sp³-hybridized carbons (Fsp3) is 0.500. The van der Waals surface area contributed by atoms with E-state index in [1.54, 1.807) is 14.0 Å². The van der Waals surface area contributed by atoms with Crippen LogP contribution in [0.25, 0.3) is 0 Å². The fourth-order valence-corrected chi connectivity index (χ4v) is 4.57. The molecule has 1 aliphatic rings. The lowest BCUT2D eigenvalue weighted by atomic mass is 9.68. The highest BCUT2D eigenvalue weighted by Crippen LogP contribution is 2.45. The molecule has 0 unspecified atom stereocenters. The van der Waals surface area contributed by atoms with Crippen LogP contribution in [0, 0.1) is 5.92 Å². The number of ether oxygens (including phenoxy) is 2. The van der Waals surface area contributed by atoms with Gasteiger partial charge in [0, 0.05) is 37.6 Å². The molecule has 2 aromatic rings. The van der Waals surface area contributed by atoms with Crippen LogP contribution in [0.4, 0.5) is 0 Å². The molecule has 0 aromatic heterocycles. The van der Waals surface area contributed by atoms with Crippen molar-refractivity contribution < 1.29 is 14.3 Å². The highest BCUT2D eigenvalue weighted by Gasteiger charge is 2.41. The number of amides is 1. The van der Waals surface area contributed by atoms with Gasteiger partial charge in [-0.1, -0.05) is 62.4 Å². The van der Waals surface area contributed by atoms with E-state index in [2.05, 4.69) is 38.1 Å². The van der Waals surface area contributed by atoms with E-state index in [1.807, 2.05) is 35.2 Å². The van der Waals surface area contributed by atoms with Crippen molar-refractivity contribution in [2.75, 3.05) is 20.3 Å². The molecule has 4 nitrogen and oxygen atoms in total. The first-order valence-electron chi connectivity index (χ1n) is 11.0. The van der Waals surface area contributed by atoms with Gasteiger partial charge in [0.2, 0.25) is 5.91 Å². The van der Waals surface area contributed by atoms with E-state index in [-0.39, 0.29) is 17.4 Å². The first-order chi connectivity index (χ1) is 14.4. The minimum atomic E-state index is -0.0653. The Kier molecular flexibility index (Phi) is 7.54. The van der Waals surface area contributed by atoms with Gasteiger partial charge in [0.1, 0.15) is 5.75 Å². The number of carbonyl (C=O) groups excluding carboxylic acids is 1. The fourth-order valence-electron chi connectivity index (χ4n) is 4.57. The second-order valence-electron chi connectivity index (χ2n) is 8.76. The summed E-state index contributed by atoms with van der Waals surface area (Å²) < 4.78 is 11.9. The van der Waals surface area contributed by atoms with Crippen LogP contribution in [0.1, 0.15) is 51.2 Å². The monoisotopic (exact) mass is 409 g/mol. The molecule has 0 radical (unpaired) electrons. The van der Waals surface area contributed by atoms with Gasteiger partial charge < -0.3 is 14.4 Å². The Morgan fingerprint density at radius 1 is 1.17 bits per heavy atom. The quantitative estimate of drug-likeness (QED) is 0.601. The molecule has 2 aromatic carbocycles. The van der Waals surface area contributed by atoms with Crippen molar-refractivity contribution in [1.82, 2.24) is 4.90 Å². The summed E-state index contributed by atoms with van der Waals surface area (Å²) in [5, 5.41) is 0. The standard InChI is InChI=1S/C26H35NO3/c1-20(2)25-18-26(15-17-30-25,23-12-8-9-13-24(23)29-4)14-16-27(21(3)28)19-22-10-6-5-7-11-22/h5-13,20,25H,14-19H2,1-4H3/t25-,26+/m0/s1. The Labute approximate surface area is 181 Å². The lowest BCUT2D eigenvalue weighted by Gasteiger charge is -2.44. The summed E-state index contributed by atoms with van der Waals surface area (Å²) in [6.45, 7) is 8.20. The largest absolute Gasteiger partial charge is 0.496 e. The van der Waals surface area contributed by atoms with Crippen LogP contribution in [-0.2, 0) is 21.5 Å². The number of hydrogen-bond acceptors (Lipinski definition) is 3. The van der Waals surface area contributed by atoms with Gasteiger partial charge in [-0.15, -0.1) is 0 Å². The predicted molar refractivity (Wildman–Crippen MR) is 121 cm³/mol. The predicted octanol–water partition coefficient (Wildman–Crippen LogP) is 5.21. The Hall–Kier alpha value is -2.33. The first-order valence-corrected chi connectivity index (χ1v) is 11.0. The van der Waals surface area contributed by atoms with Crippen LogP contribution in [0.15, 0.2) is 54.6 Å². The molecule has 0 saturated carbocycles. The Balaban J connectivity index is 1.87. The minimum Gasteiger partial charge on any atom is -0.496 e. The molecule has 162 valence electrons. The van der Waals surface area contributed by atoms with Crippen molar-refractivity contribution in [3.05, 3.63) is 65.7 Å². The van der Waals surface area contributed by atoms with Crippen LogP contribution in [0.3, 0.4) is 0 Å². The number of benzene rings is 2. The lowest BCUT2D eigenvalue weighted by Crippen LogP contribution is -2.43. The first kappa shape index (κ1) is 22.4. The molecule has 1 amide bonds. The molecule has 0 bridgehead atoms. The molecule has 2 atom stereocenters. The van der Waals surface area contributed by atoms with E-state index in [0.717, 1.165) is 37.2 Å². The van der Waals surface area contributed by atoms with Gasteiger partial charge in [0.25, 0.3) is 0 Å². The zero-order valence-corrected chi connectivity index (χ0v) is 18.8. The number of nitrogens with zero attached hydrogens (tertiary/aromatic N) is 1. The van der Waals surface area contributed by atoms with Gasteiger partial charge in [-0.05, 0) is 36.8 Å². The Morgan fingerprint density at radius 2 is 1.87 bits per heavy atom. The smallest absolute Gasteiger partial charge is 0.219 e. The van der Waals surface area contributed by atoms with E-state index in [0.29, 0.717) is 19.0 Å². The molecule has 1 saturated heterocycles. The molecular weight excluding hydrogens is 374 g/mol. The summed E-state index contributed by atoms with van der Waals surface area (Å²) >= 11 is 0. The summed E-state index contributed by atoms with van der Waals surface area (Å²) in [5.74, 6) is 1.49. The normalized spacial score (nSPS) is 21.4. The van der Waals surface area contributed by atoms with Gasteiger partial charge in [0.15, 0.2) is 0 Å². The molecule has 3 rings (SSSR count). The SMILES string of the molecule is COc1ccccc1[C@]1(CCN(Cc2ccccc2)C(C)=O)CCO[C@H](C(C)C)C1. The average Bonchev–Trinajstić information content (AvgIpc) is 2.77. The van der Waals surface area contributed by atoms with Gasteiger partial charge in [-0.25, -0.2) is 0 Å². The lowest BCUT2D eigenvalue weighted by molar-refractivity contribution is -0.130. The maximum Gasteiger partial charge on any atom is 0.219 e. The van der Waals surface area contributed by atoms with Crippen LogP contribution in [0.2, 0.25) is 0 Å².